The summed E-state index contributed by atoms with van der Waals surface area (Å²) in [5.41, 5.74) is 0. The van der Waals surface area contributed by atoms with Crippen LogP contribution in [0.1, 0.15) is 32.1 Å². The zero-order chi connectivity index (χ0) is 12.9. The van der Waals surface area contributed by atoms with E-state index < -0.39 is 12.7 Å². The van der Waals surface area contributed by atoms with Crippen LogP contribution in [0, 0.1) is 5.92 Å². The maximum atomic E-state index is 12.3. The van der Waals surface area contributed by atoms with Gasteiger partial charge in [-0.15, -0.1) is 0 Å². The Labute approximate surface area is 102 Å². The maximum absolute atomic E-state index is 12.3. The van der Waals surface area contributed by atoms with Crippen LogP contribution in [-0.2, 0) is 0 Å². The van der Waals surface area contributed by atoms with Gasteiger partial charge in [-0.25, -0.2) is 0 Å². The van der Waals surface area contributed by atoms with Gasteiger partial charge in [0.2, 0.25) is 0 Å². The standard InChI is InChI=1S/C12H23F3N2/c1-16-11-7-5-3-4-6-10(11)8-17(2)9-12(13,14)15/h10-11,16H,3-9H2,1-2H3. The van der Waals surface area contributed by atoms with Gasteiger partial charge < -0.3 is 5.32 Å². The van der Waals surface area contributed by atoms with E-state index in [1.165, 1.54) is 17.7 Å². The number of nitrogens with one attached hydrogen (secondary N) is 1. The molecule has 1 rings (SSSR count). The lowest BCUT2D eigenvalue weighted by Gasteiger charge is -2.29. The minimum Gasteiger partial charge on any atom is -0.317 e. The summed E-state index contributed by atoms with van der Waals surface area (Å²) >= 11 is 0. The van der Waals surface area contributed by atoms with E-state index in [1.807, 2.05) is 7.05 Å². The van der Waals surface area contributed by atoms with Gasteiger partial charge in [0.25, 0.3) is 0 Å². The average Bonchev–Trinajstić information content (AvgIpc) is 2.39. The molecule has 0 aliphatic heterocycles. The van der Waals surface area contributed by atoms with Crippen molar-refractivity contribution < 1.29 is 13.2 Å². The largest absolute Gasteiger partial charge is 0.401 e. The first-order valence-corrected chi connectivity index (χ1v) is 6.35. The fourth-order valence-electron chi connectivity index (χ4n) is 2.75. The van der Waals surface area contributed by atoms with Crippen LogP contribution in [-0.4, -0.2) is 44.3 Å². The van der Waals surface area contributed by atoms with Gasteiger partial charge in [-0.3, -0.25) is 4.90 Å². The molecule has 0 aromatic rings. The Hall–Kier alpha value is -0.290. The van der Waals surface area contributed by atoms with Gasteiger partial charge in [-0.05, 0) is 32.9 Å². The average molecular weight is 252 g/mol. The number of alkyl halides is 3. The van der Waals surface area contributed by atoms with Crippen molar-refractivity contribution in [3.63, 3.8) is 0 Å². The topological polar surface area (TPSA) is 15.3 Å². The third-order valence-corrected chi connectivity index (χ3v) is 3.53. The molecule has 0 radical (unpaired) electrons. The number of nitrogens with zero attached hydrogens (tertiary/aromatic N) is 1. The lowest BCUT2D eigenvalue weighted by Crippen LogP contribution is -2.41. The van der Waals surface area contributed by atoms with Crippen LogP contribution in [0.15, 0.2) is 0 Å². The smallest absolute Gasteiger partial charge is 0.317 e. The number of halogens is 3. The summed E-state index contributed by atoms with van der Waals surface area (Å²) in [5.74, 6) is 0.342. The van der Waals surface area contributed by atoms with Gasteiger partial charge >= 0.3 is 6.18 Å². The molecule has 1 aliphatic carbocycles. The molecule has 17 heavy (non-hydrogen) atoms. The lowest BCUT2D eigenvalue weighted by molar-refractivity contribution is -0.144. The predicted molar refractivity (Wildman–Crippen MR) is 63.0 cm³/mol. The van der Waals surface area contributed by atoms with Crippen molar-refractivity contribution in [1.29, 1.82) is 0 Å². The summed E-state index contributed by atoms with van der Waals surface area (Å²) < 4.78 is 36.8. The van der Waals surface area contributed by atoms with E-state index in [0.717, 1.165) is 19.3 Å². The highest BCUT2D eigenvalue weighted by Gasteiger charge is 2.31. The van der Waals surface area contributed by atoms with Crippen LogP contribution in [0.2, 0.25) is 0 Å². The quantitative estimate of drug-likeness (QED) is 0.774. The molecular weight excluding hydrogens is 229 g/mol. The summed E-state index contributed by atoms with van der Waals surface area (Å²) in [7, 11) is 3.47. The molecule has 0 bridgehead atoms. The van der Waals surface area contributed by atoms with E-state index in [9.17, 15) is 13.2 Å². The van der Waals surface area contributed by atoms with E-state index >= 15 is 0 Å². The third kappa shape index (κ3) is 5.73. The van der Waals surface area contributed by atoms with E-state index in [4.69, 9.17) is 0 Å². The fourth-order valence-corrected chi connectivity index (χ4v) is 2.75. The Bertz CT molecular complexity index is 218. The molecule has 5 heteroatoms. The first-order chi connectivity index (χ1) is 7.92. The summed E-state index contributed by atoms with van der Waals surface area (Å²) in [6, 6.07) is 0.369. The molecule has 0 spiro atoms. The Morgan fingerprint density at radius 2 is 1.82 bits per heavy atom. The van der Waals surface area contributed by atoms with Crippen LogP contribution in [0.3, 0.4) is 0 Å². The lowest BCUT2D eigenvalue weighted by atomic mass is 9.94. The van der Waals surface area contributed by atoms with Crippen molar-refractivity contribution in [2.75, 3.05) is 27.2 Å². The van der Waals surface area contributed by atoms with Crippen molar-refractivity contribution in [3.05, 3.63) is 0 Å². The van der Waals surface area contributed by atoms with Gasteiger partial charge in [-0.2, -0.15) is 13.2 Å². The molecule has 102 valence electrons. The van der Waals surface area contributed by atoms with E-state index in [2.05, 4.69) is 5.32 Å². The van der Waals surface area contributed by atoms with Crippen molar-refractivity contribution in [2.45, 2.75) is 44.3 Å². The monoisotopic (exact) mass is 252 g/mol. The number of hydrogen-bond donors (Lipinski definition) is 1. The first-order valence-electron chi connectivity index (χ1n) is 6.35. The normalized spacial score (nSPS) is 27.2. The van der Waals surface area contributed by atoms with Crippen LogP contribution in [0.5, 0.6) is 0 Å². The van der Waals surface area contributed by atoms with Gasteiger partial charge in [0.15, 0.2) is 0 Å². The summed E-state index contributed by atoms with van der Waals surface area (Å²) in [5, 5.41) is 3.25. The third-order valence-electron chi connectivity index (χ3n) is 3.53. The zero-order valence-electron chi connectivity index (χ0n) is 10.7. The van der Waals surface area contributed by atoms with Gasteiger partial charge in [0, 0.05) is 12.6 Å². The molecule has 1 saturated carbocycles. The fraction of sp³-hybridized carbons (Fsp3) is 1.00. The molecule has 1 fully saturated rings. The number of rotatable bonds is 4. The molecule has 1 N–H and O–H groups in total. The molecule has 2 atom stereocenters. The highest BCUT2D eigenvalue weighted by Crippen LogP contribution is 2.25. The molecular formula is C12H23F3N2. The summed E-state index contributed by atoms with van der Waals surface area (Å²) in [4.78, 5) is 1.40. The van der Waals surface area contributed by atoms with E-state index in [-0.39, 0.29) is 0 Å². The Balaban J connectivity index is 2.46. The molecule has 0 saturated heterocycles. The molecule has 0 amide bonds. The number of hydrogen-bond acceptors (Lipinski definition) is 2. The first kappa shape index (κ1) is 14.8. The molecule has 2 nitrogen and oxygen atoms in total. The Kier molecular flexibility index (Phi) is 5.73. The van der Waals surface area contributed by atoms with Gasteiger partial charge in [-0.1, -0.05) is 19.3 Å². The second-order valence-electron chi connectivity index (χ2n) is 5.11. The van der Waals surface area contributed by atoms with Crippen molar-refractivity contribution in [2.24, 2.45) is 5.92 Å². The molecule has 1 aliphatic rings. The molecule has 0 aromatic heterocycles. The Morgan fingerprint density at radius 1 is 1.18 bits per heavy atom. The van der Waals surface area contributed by atoms with Crippen molar-refractivity contribution in [3.8, 4) is 0 Å². The van der Waals surface area contributed by atoms with Crippen molar-refractivity contribution >= 4 is 0 Å². The van der Waals surface area contributed by atoms with Gasteiger partial charge in [0.1, 0.15) is 0 Å². The van der Waals surface area contributed by atoms with Gasteiger partial charge in [0.05, 0.1) is 6.54 Å². The highest BCUT2D eigenvalue weighted by atomic mass is 19.4. The molecule has 0 aromatic carbocycles. The second-order valence-corrected chi connectivity index (χ2v) is 5.11. The van der Waals surface area contributed by atoms with Crippen molar-refractivity contribution in [1.82, 2.24) is 10.2 Å². The minimum absolute atomic E-state index is 0.342. The minimum atomic E-state index is -4.09. The Morgan fingerprint density at radius 3 is 2.41 bits per heavy atom. The summed E-state index contributed by atoms with van der Waals surface area (Å²) in [6.45, 7) is -0.273. The maximum Gasteiger partial charge on any atom is 0.401 e. The molecule has 0 heterocycles. The molecule has 2 unspecified atom stereocenters. The SMILES string of the molecule is CNC1CCCCCC1CN(C)CC(F)(F)F. The van der Waals surface area contributed by atoms with Crippen LogP contribution < -0.4 is 5.32 Å². The van der Waals surface area contributed by atoms with Crippen LogP contribution in [0.25, 0.3) is 0 Å². The summed E-state index contributed by atoms with van der Waals surface area (Å²) in [6.07, 6.45) is 1.56. The zero-order valence-corrected chi connectivity index (χ0v) is 10.7. The second kappa shape index (κ2) is 6.59. The van der Waals surface area contributed by atoms with E-state index in [0.29, 0.717) is 18.5 Å². The highest BCUT2D eigenvalue weighted by molar-refractivity contribution is 4.80. The van der Waals surface area contributed by atoms with E-state index in [1.54, 1.807) is 7.05 Å². The predicted octanol–water partition coefficient (Wildman–Crippen LogP) is 2.65. The van der Waals surface area contributed by atoms with Crippen LogP contribution in [0.4, 0.5) is 13.2 Å². The van der Waals surface area contributed by atoms with Crippen LogP contribution >= 0.6 is 0 Å².